The Hall–Kier alpha value is -1.96. The van der Waals surface area contributed by atoms with Gasteiger partial charge in [0.05, 0.1) is 11.9 Å². The molecular weight excluding hydrogens is 236 g/mol. The van der Waals surface area contributed by atoms with Crippen LogP contribution in [0.15, 0.2) is 6.20 Å². The molecule has 0 spiro atoms. The molecule has 0 aromatic carbocycles. The normalized spacial score (nSPS) is 10.4. The fraction of sp³-hybridized carbons (Fsp3) is 0.600. The molecule has 3 amide bonds. The zero-order valence-electron chi connectivity index (χ0n) is 10.7. The van der Waals surface area contributed by atoms with Gasteiger partial charge in [-0.1, -0.05) is 19.1 Å². The predicted molar refractivity (Wildman–Crippen MR) is 64.6 cm³/mol. The van der Waals surface area contributed by atoms with Gasteiger partial charge in [-0.15, -0.1) is 5.10 Å². The molecule has 0 fully saturated rings. The molecule has 0 unspecified atom stereocenters. The van der Waals surface area contributed by atoms with Crippen molar-refractivity contribution in [3.8, 4) is 0 Å². The van der Waals surface area contributed by atoms with Crippen molar-refractivity contribution in [3.05, 3.63) is 11.9 Å². The van der Waals surface area contributed by atoms with Gasteiger partial charge >= 0.3 is 6.03 Å². The molecule has 0 aliphatic rings. The second kappa shape index (κ2) is 6.70. The summed E-state index contributed by atoms with van der Waals surface area (Å²) in [7, 11) is 1.44. The largest absolute Gasteiger partial charge is 0.341 e. The Morgan fingerprint density at radius 1 is 1.44 bits per heavy atom. The maximum absolute atomic E-state index is 11.4. The van der Waals surface area contributed by atoms with E-state index in [0.29, 0.717) is 12.6 Å². The fourth-order valence-corrected chi connectivity index (χ4v) is 1.18. The van der Waals surface area contributed by atoms with Crippen molar-refractivity contribution in [2.24, 2.45) is 0 Å². The number of aromatic nitrogens is 3. The maximum Gasteiger partial charge on any atom is 0.321 e. The Kier molecular flexibility index (Phi) is 5.25. The number of nitrogens with zero attached hydrogens (tertiary/aromatic N) is 3. The summed E-state index contributed by atoms with van der Waals surface area (Å²) in [5.41, 5.74) is 0.747. The first kappa shape index (κ1) is 14.1. The highest BCUT2D eigenvalue weighted by atomic mass is 16.2. The summed E-state index contributed by atoms with van der Waals surface area (Å²) >= 11 is 0. The molecule has 3 N–H and O–H groups in total. The molecule has 1 aromatic heterocycles. The first-order chi connectivity index (χ1) is 8.51. The molecule has 100 valence electrons. The second-order valence-electron chi connectivity index (χ2n) is 4.07. The van der Waals surface area contributed by atoms with Gasteiger partial charge < -0.3 is 10.6 Å². The van der Waals surface area contributed by atoms with Gasteiger partial charge in [-0.2, -0.15) is 0 Å². The number of carbonyl (C=O) groups excluding carboxylic acids is 2. The number of imide groups is 1. The lowest BCUT2D eigenvalue weighted by Crippen LogP contribution is -2.39. The minimum Gasteiger partial charge on any atom is -0.341 e. The van der Waals surface area contributed by atoms with E-state index in [-0.39, 0.29) is 6.54 Å². The molecule has 1 heterocycles. The van der Waals surface area contributed by atoms with E-state index in [1.54, 1.807) is 6.20 Å². The summed E-state index contributed by atoms with van der Waals surface area (Å²) in [6.07, 6.45) is 1.67. The van der Waals surface area contributed by atoms with E-state index in [0.717, 1.165) is 5.69 Å². The van der Waals surface area contributed by atoms with Crippen molar-refractivity contribution in [1.29, 1.82) is 0 Å². The number of rotatable bonds is 5. The first-order valence-corrected chi connectivity index (χ1v) is 5.65. The molecule has 0 aliphatic heterocycles. The first-order valence-electron chi connectivity index (χ1n) is 5.65. The van der Waals surface area contributed by atoms with Crippen LogP contribution in [0.3, 0.4) is 0 Å². The average molecular weight is 254 g/mol. The zero-order valence-corrected chi connectivity index (χ0v) is 10.7. The number of hydrogen-bond donors (Lipinski definition) is 3. The summed E-state index contributed by atoms with van der Waals surface area (Å²) in [6.45, 7) is 4.61. The fourth-order valence-electron chi connectivity index (χ4n) is 1.18. The van der Waals surface area contributed by atoms with Crippen molar-refractivity contribution in [2.45, 2.75) is 33.0 Å². The lowest BCUT2D eigenvalue weighted by molar-refractivity contribution is -0.120. The van der Waals surface area contributed by atoms with Gasteiger partial charge in [0.25, 0.3) is 0 Å². The number of hydrogen-bond acceptors (Lipinski definition) is 5. The van der Waals surface area contributed by atoms with Crippen LogP contribution in [-0.4, -0.2) is 40.0 Å². The summed E-state index contributed by atoms with van der Waals surface area (Å²) in [6, 6.07) is -0.187. The summed E-state index contributed by atoms with van der Waals surface area (Å²) in [5, 5.41) is 15.3. The topological polar surface area (TPSA) is 101 Å². The average Bonchev–Trinajstić information content (AvgIpc) is 2.73. The van der Waals surface area contributed by atoms with Gasteiger partial charge in [-0.05, 0) is 0 Å². The third kappa shape index (κ3) is 4.91. The van der Waals surface area contributed by atoms with E-state index in [1.165, 1.54) is 11.7 Å². The van der Waals surface area contributed by atoms with E-state index < -0.39 is 11.9 Å². The molecule has 0 saturated carbocycles. The number of urea groups is 1. The van der Waals surface area contributed by atoms with Crippen molar-refractivity contribution in [1.82, 2.24) is 30.9 Å². The molecule has 0 aliphatic carbocycles. The predicted octanol–water partition coefficient (Wildman–Crippen LogP) is -0.768. The van der Waals surface area contributed by atoms with Crippen molar-refractivity contribution < 1.29 is 9.59 Å². The standard InChI is InChI=1S/C10H18N6O2/c1-7(2)12-4-8-5-16(15-14-8)6-9(17)13-10(18)11-3/h5,7,12H,4,6H2,1-3H3,(H2,11,13,17,18). The van der Waals surface area contributed by atoms with Gasteiger partial charge in [-0.3, -0.25) is 10.1 Å². The quantitative estimate of drug-likeness (QED) is 0.640. The summed E-state index contributed by atoms with van der Waals surface area (Å²) < 4.78 is 1.38. The van der Waals surface area contributed by atoms with E-state index in [4.69, 9.17) is 0 Å². The van der Waals surface area contributed by atoms with Crippen molar-refractivity contribution in [2.75, 3.05) is 7.05 Å². The van der Waals surface area contributed by atoms with Crippen LogP contribution in [0.2, 0.25) is 0 Å². The van der Waals surface area contributed by atoms with Crippen molar-refractivity contribution in [3.63, 3.8) is 0 Å². The van der Waals surface area contributed by atoms with Gasteiger partial charge in [-0.25, -0.2) is 9.48 Å². The van der Waals surface area contributed by atoms with E-state index in [1.807, 2.05) is 13.8 Å². The highest BCUT2D eigenvalue weighted by molar-refractivity contribution is 5.93. The molecule has 0 radical (unpaired) electrons. The minimum absolute atomic E-state index is 0.0396. The Morgan fingerprint density at radius 3 is 2.78 bits per heavy atom. The van der Waals surface area contributed by atoms with Crippen LogP contribution in [0.5, 0.6) is 0 Å². The van der Waals surface area contributed by atoms with Crippen LogP contribution < -0.4 is 16.0 Å². The van der Waals surface area contributed by atoms with Gasteiger partial charge in [0.2, 0.25) is 5.91 Å². The number of nitrogens with one attached hydrogen (secondary N) is 3. The number of amides is 3. The molecular formula is C10H18N6O2. The smallest absolute Gasteiger partial charge is 0.321 e. The Bertz CT molecular complexity index is 414. The molecule has 1 aromatic rings. The maximum atomic E-state index is 11.4. The molecule has 0 saturated heterocycles. The van der Waals surface area contributed by atoms with Crippen LogP contribution in [0.25, 0.3) is 0 Å². The van der Waals surface area contributed by atoms with Gasteiger partial charge in [0.15, 0.2) is 0 Å². The molecule has 1 rings (SSSR count). The SMILES string of the molecule is CNC(=O)NC(=O)Cn1cc(CNC(C)C)nn1. The molecule has 0 bridgehead atoms. The molecule has 8 heteroatoms. The van der Waals surface area contributed by atoms with Gasteiger partial charge in [0.1, 0.15) is 6.54 Å². The van der Waals surface area contributed by atoms with Gasteiger partial charge in [0, 0.05) is 19.6 Å². The highest BCUT2D eigenvalue weighted by Gasteiger charge is 2.08. The minimum atomic E-state index is -0.540. The Labute approximate surface area is 105 Å². The van der Waals surface area contributed by atoms with E-state index in [9.17, 15) is 9.59 Å². The van der Waals surface area contributed by atoms with Crippen LogP contribution >= 0.6 is 0 Å². The van der Waals surface area contributed by atoms with E-state index in [2.05, 4.69) is 26.3 Å². The highest BCUT2D eigenvalue weighted by Crippen LogP contribution is 1.93. The lowest BCUT2D eigenvalue weighted by Gasteiger charge is -2.04. The van der Waals surface area contributed by atoms with Crippen molar-refractivity contribution >= 4 is 11.9 Å². The van der Waals surface area contributed by atoms with Crippen LogP contribution in [0.1, 0.15) is 19.5 Å². The molecule has 18 heavy (non-hydrogen) atoms. The monoisotopic (exact) mass is 254 g/mol. The zero-order chi connectivity index (χ0) is 13.5. The van der Waals surface area contributed by atoms with Crippen LogP contribution in [0, 0.1) is 0 Å². The Morgan fingerprint density at radius 2 is 2.17 bits per heavy atom. The molecule has 0 atom stereocenters. The van der Waals surface area contributed by atoms with Crippen LogP contribution in [0.4, 0.5) is 4.79 Å². The second-order valence-corrected chi connectivity index (χ2v) is 4.07. The number of carbonyl (C=O) groups is 2. The Balaban J connectivity index is 2.43. The molecule has 8 nitrogen and oxygen atoms in total. The third-order valence-electron chi connectivity index (χ3n) is 2.06. The summed E-state index contributed by atoms with van der Waals surface area (Å²) in [5.74, 6) is -0.442. The summed E-state index contributed by atoms with van der Waals surface area (Å²) in [4.78, 5) is 22.3. The lowest BCUT2D eigenvalue weighted by atomic mass is 10.3. The third-order valence-corrected chi connectivity index (χ3v) is 2.06. The van der Waals surface area contributed by atoms with E-state index >= 15 is 0 Å². The van der Waals surface area contributed by atoms with Crippen LogP contribution in [-0.2, 0) is 17.9 Å².